The van der Waals surface area contributed by atoms with Gasteiger partial charge >= 0.3 is 5.97 Å². The maximum Gasteiger partial charge on any atom is 0.338 e. The van der Waals surface area contributed by atoms with Gasteiger partial charge in [0.25, 0.3) is 5.91 Å². The monoisotopic (exact) mass is 354 g/mol. The molecule has 0 aliphatic carbocycles. The zero-order valence-electron chi connectivity index (χ0n) is 15.1. The zero-order chi connectivity index (χ0) is 18.7. The normalized spacial score (nSPS) is 15.0. The van der Waals surface area contributed by atoms with Crippen LogP contribution < -0.4 is 15.0 Å². The minimum absolute atomic E-state index is 0.0615. The van der Waals surface area contributed by atoms with E-state index in [4.69, 9.17) is 9.47 Å². The number of ether oxygens (including phenoxy) is 2. The summed E-state index contributed by atoms with van der Waals surface area (Å²) in [7, 11) is 1.54. The summed E-state index contributed by atoms with van der Waals surface area (Å²) in [4.78, 5) is 26.6. The molecule has 0 bridgehead atoms. The Morgan fingerprint density at radius 2 is 1.92 bits per heavy atom. The van der Waals surface area contributed by atoms with Crippen LogP contribution in [0.1, 0.15) is 24.2 Å². The Bertz CT molecular complexity index is 832. The van der Waals surface area contributed by atoms with Crippen LogP contribution in [0, 0.1) is 0 Å². The average molecular weight is 354 g/mol. The van der Waals surface area contributed by atoms with Gasteiger partial charge in [-0.15, -0.1) is 0 Å². The molecule has 1 N–H and O–H groups in total. The molecule has 0 atom stereocenters. The van der Waals surface area contributed by atoms with E-state index in [1.54, 1.807) is 36.3 Å². The van der Waals surface area contributed by atoms with E-state index in [1.807, 2.05) is 38.1 Å². The fourth-order valence-corrected chi connectivity index (χ4v) is 2.94. The van der Waals surface area contributed by atoms with Crippen LogP contribution in [0.5, 0.6) is 5.75 Å². The molecule has 0 radical (unpaired) electrons. The fraction of sp³-hybridized carbons (Fsp3) is 0.300. The van der Waals surface area contributed by atoms with Crippen LogP contribution in [0.3, 0.4) is 0 Å². The van der Waals surface area contributed by atoms with Gasteiger partial charge in [-0.2, -0.15) is 0 Å². The van der Waals surface area contributed by atoms with Crippen molar-refractivity contribution in [3.8, 4) is 5.75 Å². The van der Waals surface area contributed by atoms with Crippen molar-refractivity contribution in [1.82, 2.24) is 0 Å². The van der Waals surface area contributed by atoms with E-state index in [2.05, 4.69) is 5.32 Å². The number of benzene rings is 2. The second-order valence-electron chi connectivity index (χ2n) is 6.59. The molecule has 2 aromatic rings. The van der Waals surface area contributed by atoms with Crippen molar-refractivity contribution in [2.24, 2.45) is 0 Å². The Hall–Kier alpha value is -3.02. The maximum absolute atomic E-state index is 12.7. The van der Waals surface area contributed by atoms with Crippen LogP contribution in [-0.4, -0.2) is 37.7 Å². The first-order valence-electron chi connectivity index (χ1n) is 8.43. The summed E-state index contributed by atoms with van der Waals surface area (Å²) in [5.74, 6) is 0.0834. The van der Waals surface area contributed by atoms with Crippen molar-refractivity contribution in [2.75, 3.05) is 30.5 Å². The third kappa shape index (κ3) is 3.49. The van der Waals surface area contributed by atoms with Gasteiger partial charge < -0.3 is 19.7 Å². The average Bonchev–Trinajstić information content (AvgIpc) is 2.64. The first kappa shape index (κ1) is 17.8. The van der Waals surface area contributed by atoms with Crippen LogP contribution in [-0.2, 0) is 9.53 Å². The van der Waals surface area contributed by atoms with Gasteiger partial charge in [-0.25, -0.2) is 4.79 Å². The molecule has 26 heavy (non-hydrogen) atoms. The fourth-order valence-electron chi connectivity index (χ4n) is 2.94. The number of amides is 1. The van der Waals surface area contributed by atoms with Crippen molar-refractivity contribution in [2.45, 2.75) is 19.4 Å². The lowest BCUT2D eigenvalue weighted by Crippen LogP contribution is -2.54. The van der Waals surface area contributed by atoms with Gasteiger partial charge in [-0.1, -0.05) is 18.2 Å². The lowest BCUT2D eigenvalue weighted by atomic mass is 9.98. The highest BCUT2D eigenvalue weighted by atomic mass is 16.5. The van der Waals surface area contributed by atoms with Gasteiger partial charge in [0.1, 0.15) is 17.9 Å². The second-order valence-corrected chi connectivity index (χ2v) is 6.59. The number of rotatable bonds is 5. The molecule has 136 valence electrons. The predicted octanol–water partition coefficient (Wildman–Crippen LogP) is 3.09. The topological polar surface area (TPSA) is 67.9 Å². The molecule has 0 unspecified atom stereocenters. The Labute approximate surface area is 152 Å². The van der Waals surface area contributed by atoms with E-state index in [1.165, 1.54) is 0 Å². The first-order chi connectivity index (χ1) is 12.4. The third-order valence-corrected chi connectivity index (χ3v) is 4.28. The summed E-state index contributed by atoms with van der Waals surface area (Å²) in [6, 6.07) is 14.4. The Morgan fingerprint density at radius 3 is 2.69 bits per heavy atom. The number of anilines is 2. The standard InChI is InChI=1S/C20H22N2O4/c1-20(2)19(24)22(17-10-5-4-9-16(17)21-20)11-12-26-18(23)14-7-6-8-15(13-14)25-3/h4-10,13,21H,11-12H2,1-3H3. The highest BCUT2D eigenvalue weighted by molar-refractivity contribution is 6.07. The first-order valence-corrected chi connectivity index (χ1v) is 8.43. The predicted molar refractivity (Wildman–Crippen MR) is 99.8 cm³/mol. The molecule has 0 saturated heterocycles. The Balaban J connectivity index is 1.69. The van der Waals surface area contributed by atoms with Crippen LogP contribution >= 0.6 is 0 Å². The number of nitrogens with zero attached hydrogens (tertiary/aromatic N) is 1. The number of esters is 1. The number of nitrogens with one attached hydrogen (secondary N) is 1. The number of hydrogen-bond acceptors (Lipinski definition) is 5. The summed E-state index contributed by atoms with van der Waals surface area (Å²) < 4.78 is 10.5. The van der Waals surface area contributed by atoms with Gasteiger partial charge in [-0.3, -0.25) is 4.79 Å². The lowest BCUT2D eigenvalue weighted by Gasteiger charge is -2.39. The molecule has 1 heterocycles. The molecule has 1 amide bonds. The Morgan fingerprint density at radius 1 is 1.15 bits per heavy atom. The highest BCUT2D eigenvalue weighted by Crippen LogP contribution is 2.34. The summed E-state index contributed by atoms with van der Waals surface area (Å²) in [5.41, 5.74) is 1.37. The number of hydrogen-bond donors (Lipinski definition) is 1. The summed E-state index contributed by atoms with van der Waals surface area (Å²) in [6.45, 7) is 4.06. The molecule has 1 aliphatic heterocycles. The van der Waals surface area contributed by atoms with Crippen LogP contribution in [0.2, 0.25) is 0 Å². The smallest absolute Gasteiger partial charge is 0.338 e. The molecule has 0 spiro atoms. The third-order valence-electron chi connectivity index (χ3n) is 4.28. The largest absolute Gasteiger partial charge is 0.497 e. The Kier molecular flexibility index (Phi) is 4.84. The van der Waals surface area contributed by atoms with Gasteiger partial charge in [0.2, 0.25) is 0 Å². The molecular weight excluding hydrogens is 332 g/mol. The van der Waals surface area contributed by atoms with Crippen molar-refractivity contribution in [1.29, 1.82) is 0 Å². The number of methoxy groups -OCH3 is 1. The summed E-state index contributed by atoms with van der Waals surface area (Å²) in [5, 5.41) is 3.24. The van der Waals surface area contributed by atoms with E-state index in [-0.39, 0.29) is 19.1 Å². The van der Waals surface area contributed by atoms with E-state index in [0.717, 1.165) is 11.4 Å². The van der Waals surface area contributed by atoms with Crippen LogP contribution in [0.25, 0.3) is 0 Å². The van der Waals surface area contributed by atoms with Gasteiger partial charge in [0.15, 0.2) is 0 Å². The highest BCUT2D eigenvalue weighted by Gasteiger charge is 2.38. The van der Waals surface area contributed by atoms with Gasteiger partial charge in [-0.05, 0) is 44.2 Å². The van der Waals surface area contributed by atoms with Gasteiger partial charge in [0.05, 0.1) is 30.6 Å². The van der Waals surface area contributed by atoms with Crippen molar-refractivity contribution >= 4 is 23.3 Å². The maximum atomic E-state index is 12.7. The van der Waals surface area contributed by atoms with Crippen LogP contribution in [0.4, 0.5) is 11.4 Å². The molecule has 0 saturated carbocycles. The van der Waals surface area contributed by atoms with E-state index in [9.17, 15) is 9.59 Å². The van der Waals surface area contributed by atoms with Crippen molar-refractivity contribution < 1.29 is 19.1 Å². The summed E-state index contributed by atoms with van der Waals surface area (Å²) in [6.07, 6.45) is 0. The van der Waals surface area contributed by atoms with E-state index in [0.29, 0.717) is 11.3 Å². The number of carbonyl (C=O) groups is 2. The van der Waals surface area contributed by atoms with Crippen molar-refractivity contribution in [3.63, 3.8) is 0 Å². The molecule has 3 rings (SSSR count). The minimum Gasteiger partial charge on any atom is -0.497 e. The molecular formula is C20H22N2O4. The number of para-hydroxylation sites is 2. The molecule has 0 fully saturated rings. The quantitative estimate of drug-likeness (QED) is 0.836. The van der Waals surface area contributed by atoms with Crippen LogP contribution in [0.15, 0.2) is 48.5 Å². The van der Waals surface area contributed by atoms with E-state index < -0.39 is 11.5 Å². The molecule has 6 heteroatoms. The zero-order valence-corrected chi connectivity index (χ0v) is 15.1. The lowest BCUT2D eigenvalue weighted by molar-refractivity contribution is -0.122. The SMILES string of the molecule is COc1cccc(C(=O)OCCN2C(=O)C(C)(C)Nc3ccccc32)c1. The number of fused-ring (bicyclic) bond motifs is 1. The molecule has 0 aromatic heterocycles. The number of carbonyl (C=O) groups excluding carboxylic acids is 2. The second kappa shape index (κ2) is 7.07. The molecule has 1 aliphatic rings. The molecule has 2 aromatic carbocycles. The summed E-state index contributed by atoms with van der Waals surface area (Å²) >= 11 is 0. The van der Waals surface area contributed by atoms with Gasteiger partial charge in [0, 0.05) is 0 Å². The minimum atomic E-state index is -0.717. The van der Waals surface area contributed by atoms with E-state index >= 15 is 0 Å². The molecule has 6 nitrogen and oxygen atoms in total. The van der Waals surface area contributed by atoms with Crippen molar-refractivity contribution in [3.05, 3.63) is 54.1 Å².